The molecule has 15 heavy (non-hydrogen) atoms. The molecule has 0 radical (unpaired) electrons. The van der Waals surface area contributed by atoms with E-state index in [4.69, 9.17) is 5.84 Å². The molecule has 2 nitrogen and oxygen atoms in total. The standard InChI is InChI=1S/C11H16F2N2/c1-2-3-7-10(15-14)8-5-4-6-9(12)11(8)13/h4-6,10,15H,2-3,7,14H2,1H3. The predicted octanol–water partition coefficient (Wildman–Crippen LogP) is 2.66. The number of hydrazine groups is 1. The Morgan fingerprint density at radius 3 is 2.73 bits per heavy atom. The van der Waals surface area contributed by atoms with Crippen LogP contribution in [-0.2, 0) is 0 Å². The van der Waals surface area contributed by atoms with Gasteiger partial charge in [-0.2, -0.15) is 0 Å². The lowest BCUT2D eigenvalue weighted by Crippen LogP contribution is -2.28. The van der Waals surface area contributed by atoms with Crippen LogP contribution in [-0.4, -0.2) is 0 Å². The lowest BCUT2D eigenvalue weighted by atomic mass is 10.0. The molecule has 4 heteroatoms. The van der Waals surface area contributed by atoms with Crippen LogP contribution in [0, 0.1) is 11.6 Å². The number of unbranched alkanes of at least 4 members (excludes halogenated alkanes) is 1. The molecule has 0 bridgehead atoms. The average Bonchev–Trinajstić information content (AvgIpc) is 2.25. The minimum absolute atomic E-state index is 0.297. The van der Waals surface area contributed by atoms with Gasteiger partial charge in [0.25, 0.3) is 0 Å². The summed E-state index contributed by atoms with van der Waals surface area (Å²) < 4.78 is 26.3. The van der Waals surface area contributed by atoms with Gasteiger partial charge in [0.05, 0.1) is 0 Å². The third kappa shape index (κ3) is 2.97. The van der Waals surface area contributed by atoms with Gasteiger partial charge in [-0.05, 0) is 12.5 Å². The van der Waals surface area contributed by atoms with E-state index in [1.54, 1.807) is 6.07 Å². The van der Waals surface area contributed by atoms with Gasteiger partial charge in [0.15, 0.2) is 11.6 Å². The van der Waals surface area contributed by atoms with Crippen molar-refractivity contribution in [2.45, 2.75) is 32.2 Å². The SMILES string of the molecule is CCCCC(NN)c1cccc(F)c1F. The van der Waals surface area contributed by atoms with Crippen LogP contribution < -0.4 is 11.3 Å². The van der Waals surface area contributed by atoms with Crippen LogP contribution in [0.15, 0.2) is 18.2 Å². The highest BCUT2D eigenvalue weighted by atomic mass is 19.2. The Hall–Kier alpha value is -1.00. The first-order valence-electron chi connectivity index (χ1n) is 5.10. The Bertz CT molecular complexity index is 315. The fraction of sp³-hybridized carbons (Fsp3) is 0.455. The minimum atomic E-state index is -0.829. The minimum Gasteiger partial charge on any atom is -0.271 e. The highest BCUT2D eigenvalue weighted by molar-refractivity contribution is 5.22. The Morgan fingerprint density at radius 2 is 2.13 bits per heavy atom. The Labute approximate surface area is 88.4 Å². The van der Waals surface area contributed by atoms with Gasteiger partial charge in [0, 0.05) is 11.6 Å². The van der Waals surface area contributed by atoms with Gasteiger partial charge < -0.3 is 0 Å². The summed E-state index contributed by atoms with van der Waals surface area (Å²) in [6.07, 6.45) is 2.62. The van der Waals surface area contributed by atoms with E-state index in [1.165, 1.54) is 6.07 Å². The molecule has 1 unspecified atom stereocenters. The summed E-state index contributed by atoms with van der Waals surface area (Å²) in [6.45, 7) is 2.04. The molecule has 0 aliphatic rings. The van der Waals surface area contributed by atoms with E-state index < -0.39 is 11.6 Å². The van der Waals surface area contributed by atoms with E-state index in [-0.39, 0.29) is 6.04 Å². The molecule has 0 heterocycles. The summed E-state index contributed by atoms with van der Waals surface area (Å²) in [4.78, 5) is 0. The van der Waals surface area contributed by atoms with Crippen LogP contribution in [0.5, 0.6) is 0 Å². The summed E-state index contributed by atoms with van der Waals surface area (Å²) in [5.41, 5.74) is 2.81. The first-order valence-corrected chi connectivity index (χ1v) is 5.10. The number of benzene rings is 1. The molecule has 0 fully saturated rings. The quantitative estimate of drug-likeness (QED) is 0.584. The molecule has 3 N–H and O–H groups in total. The number of hydrogen-bond donors (Lipinski definition) is 2. The second-order valence-corrected chi connectivity index (χ2v) is 3.50. The molecule has 0 aromatic heterocycles. The van der Waals surface area contributed by atoms with Crippen LogP contribution in [0.25, 0.3) is 0 Å². The molecule has 1 aromatic carbocycles. The third-order valence-corrected chi connectivity index (χ3v) is 2.40. The number of nitrogens with one attached hydrogen (secondary N) is 1. The van der Waals surface area contributed by atoms with Crippen molar-refractivity contribution in [1.82, 2.24) is 5.43 Å². The maximum Gasteiger partial charge on any atom is 0.163 e. The summed E-state index contributed by atoms with van der Waals surface area (Å²) in [6, 6.07) is 3.83. The van der Waals surface area contributed by atoms with E-state index >= 15 is 0 Å². The number of nitrogens with two attached hydrogens (primary N) is 1. The first-order chi connectivity index (χ1) is 7.20. The van der Waals surface area contributed by atoms with Crippen LogP contribution >= 0.6 is 0 Å². The zero-order valence-corrected chi connectivity index (χ0v) is 8.76. The Kier molecular flexibility index (Phi) is 4.65. The first kappa shape index (κ1) is 12.1. The largest absolute Gasteiger partial charge is 0.271 e. The third-order valence-electron chi connectivity index (χ3n) is 2.40. The second kappa shape index (κ2) is 5.78. The van der Waals surface area contributed by atoms with Gasteiger partial charge >= 0.3 is 0 Å². The van der Waals surface area contributed by atoms with Gasteiger partial charge in [-0.15, -0.1) is 0 Å². The maximum atomic E-state index is 13.4. The lowest BCUT2D eigenvalue weighted by molar-refractivity contribution is 0.444. The molecular formula is C11H16F2N2. The molecule has 1 aromatic rings. The molecule has 0 spiro atoms. The van der Waals surface area contributed by atoms with E-state index in [2.05, 4.69) is 5.43 Å². The summed E-state index contributed by atoms with van der Waals surface area (Å²) in [7, 11) is 0. The number of rotatable bonds is 5. The van der Waals surface area contributed by atoms with Gasteiger partial charge in [-0.25, -0.2) is 8.78 Å². The normalized spacial score (nSPS) is 12.8. The van der Waals surface area contributed by atoms with Crippen LogP contribution in [0.1, 0.15) is 37.8 Å². The van der Waals surface area contributed by atoms with E-state index in [1.807, 2.05) is 6.92 Å². The number of halogens is 2. The Balaban J connectivity index is 2.86. The van der Waals surface area contributed by atoms with Crippen molar-refractivity contribution in [1.29, 1.82) is 0 Å². The summed E-state index contributed by atoms with van der Waals surface area (Å²) in [5.74, 6) is 3.69. The van der Waals surface area contributed by atoms with Crippen LogP contribution in [0.2, 0.25) is 0 Å². The zero-order valence-electron chi connectivity index (χ0n) is 8.76. The molecule has 0 amide bonds. The molecule has 0 aliphatic carbocycles. The molecular weight excluding hydrogens is 198 g/mol. The van der Waals surface area contributed by atoms with Crippen molar-refractivity contribution in [3.63, 3.8) is 0 Å². The highest BCUT2D eigenvalue weighted by Crippen LogP contribution is 2.22. The van der Waals surface area contributed by atoms with Gasteiger partial charge in [-0.1, -0.05) is 31.9 Å². The Morgan fingerprint density at radius 1 is 1.40 bits per heavy atom. The van der Waals surface area contributed by atoms with Gasteiger partial charge in [0.2, 0.25) is 0 Å². The molecule has 1 atom stereocenters. The lowest BCUT2D eigenvalue weighted by Gasteiger charge is -2.16. The monoisotopic (exact) mass is 214 g/mol. The van der Waals surface area contributed by atoms with Crippen molar-refractivity contribution in [3.05, 3.63) is 35.4 Å². The predicted molar refractivity (Wildman–Crippen MR) is 55.9 cm³/mol. The van der Waals surface area contributed by atoms with Crippen molar-refractivity contribution in [3.8, 4) is 0 Å². The van der Waals surface area contributed by atoms with E-state index in [0.717, 1.165) is 18.9 Å². The summed E-state index contributed by atoms with van der Waals surface area (Å²) >= 11 is 0. The molecule has 0 saturated carbocycles. The van der Waals surface area contributed by atoms with E-state index in [9.17, 15) is 8.78 Å². The number of hydrogen-bond acceptors (Lipinski definition) is 2. The fourth-order valence-electron chi connectivity index (χ4n) is 1.53. The van der Waals surface area contributed by atoms with Gasteiger partial charge in [-0.3, -0.25) is 11.3 Å². The molecule has 0 aliphatic heterocycles. The fourth-order valence-corrected chi connectivity index (χ4v) is 1.53. The van der Waals surface area contributed by atoms with Gasteiger partial charge in [0.1, 0.15) is 0 Å². The summed E-state index contributed by atoms with van der Waals surface area (Å²) in [5, 5.41) is 0. The van der Waals surface area contributed by atoms with Crippen LogP contribution in [0.3, 0.4) is 0 Å². The van der Waals surface area contributed by atoms with Crippen molar-refractivity contribution in [2.75, 3.05) is 0 Å². The smallest absolute Gasteiger partial charge is 0.163 e. The second-order valence-electron chi connectivity index (χ2n) is 3.50. The maximum absolute atomic E-state index is 13.4. The zero-order chi connectivity index (χ0) is 11.3. The van der Waals surface area contributed by atoms with Crippen molar-refractivity contribution >= 4 is 0 Å². The van der Waals surface area contributed by atoms with Crippen LogP contribution in [0.4, 0.5) is 8.78 Å². The van der Waals surface area contributed by atoms with Crippen molar-refractivity contribution < 1.29 is 8.78 Å². The molecule has 1 rings (SSSR count). The van der Waals surface area contributed by atoms with E-state index in [0.29, 0.717) is 12.0 Å². The average molecular weight is 214 g/mol. The topological polar surface area (TPSA) is 38.0 Å². The molecule has 84 valence electrons. The van der Waals surface area contributed by atoms with Crippen molar-refractivity contribution in [2.24, 2.45) is 5.84 Å². The highest BCUT2D eigenvalue weighted by Gasteiger charge is 2.16. The molecule has 0 saturated heterocycles.